The Labute approximate surface area is 251 Å². The minimum absolute atomic E-state index is 0.918. The van der Waals surface area contributed by atoms with Crippen molar-refractivity contribution in [3.05, 3.63) is 144 Å². The summed E-state index contributed by atoms with van der Waals surface area (Å²) in [6.45, 7) is 0. The summed E-state index contributed by atoms with van der Waals surface area (Å²) in [5.41, 5.74) is 8.59. The molecule has 9 aromatic rings. The monoisotopic (exact) mass is 568 g/mol. The molecule has 0 radical (unpaired) electrons. The number of imidazole rings is 1. The number of nitrogens with zero attached hydrogens (tertiary/aromatic N) is 4. The van der Waals surface area contributed by atoms with Gasteiger partial charge in [-0.3, -0.25) is 9.13 Å². The molecule has 0 atom stereocenters. The summed E-state index contributed by atoms with van der Waals surface area (Å²) in [4.78, 5) is 10.2. The molecule has 0 amide bonds. The number of fused-ring (bicyclic) bond motifs is 6. The third-order valence-corrected chi connectivity index (χ3v) is 9.01. The highest BCUT2D eigenvalue weighted by Gasteiger charge is 2.17. The van der Waals surface area contributed by atoms with Crippen molar-refractivity contribution >= 4 is 54.9 Å². The Kier molecular flexibility index (Phi) is 5.33. The van der Waals surface area contributed by atoms with Gasteiger partial charge < -0.3 is 0 Å². The van der Waals surface area contributed by atoms with Gasteiger partial charge in [-0.05, 0) is 53.2 Å². The van der Waals surface area contributed by atoms with E-state index < -0.39 is 0 Å². The molecule has 0 bridgehead atoms. The van der Waals surface area contributed by atoms with Gasteiger partial charge in [0.05, 0.1) is 27.8 Å². The van der Waals surface area contributed by atoms with E-state index in [0.29, 0.717) is 0 Å². The van der Waals surface area contributed by atoms with Crippen molar-refractivity contribution in [3.8, 4) is 34.2 Å². The SMILES string of the molecule is c1ccc(-n2c(-c3ccc(-c4cccc(-n5c6cscc6c6c7ccccc7ccc65)n4)cc3)nc3ccccc32)cc1. The van der Waals surface area contributed by atoms with E-state index in [1.54, 1.807) is 11.3 Å². The fraction of sp³-hybridized carbons (Fsp3) is 0. The molecular weight excluding hydrogens is 545 g/mol. The van der Waals surface area contributed by atoms with Crippen molar-refractivity contribution in [1.29, 1.82) is 0 Å². The van der Waals surface area contributed by atoms with Gasteiger partial charge in [0, 0.05) is 38.3 Å². The second-order valence-corrected chi connectivity index (χ2v) is 11.5. The standard InChI is InChI=1S/C38H24N4S/c1-2-10-28(11-3-1)41-33-15-7-6-13-32(33)40-38(41)27-19-17-26(18-20-27)31-14-8-16-36(39-31)42-34-22-21-25-9-4-5-12-29(25)37(34)30-23-43-24-35(30)42/h1-24H. The van der Waals surface area contributed by atoms with E-state index in [9.17, 15) is 0 Å². The molecule has 9 rings (SSSR count). The predicted octanol–water partition coefficient (Wildman–Crippen LogP) is 10.1. The Morgan fingerprint density at radius 2 is 1.28 bits per heavy atom. The van der Waals surface area contributed by atoms with Crippen molar-refractivity contribution in [2.45, 2.75) is 0 Å². The molecule has 4 aromatic heterocycles. The number of hydrogen-bond donors (Lipinski definition) is 0. The van der Waals surface area contributed by atoms with Gasteiger partial charge in [-0.25, -0.2) is 9.97 Å². The van der Waals surface area contributed by atoms with Crippen molar-refractivity contribution in [3.63, 3.8) is 0 Å². The zero-order chi connectivity index (χ0) is 28.3. The highest BCUT2D eigenvalue weighted by molar-refractivity contribution is 7.09. The predicted molar refractivity (Wildman–Crippen MR) is 179 cm³/mol. The molecular formula is C38H24N4S. The van der Waals surface area contributed by atoms with E-state index >= 15 is 0 Å². The van der Waals surface area contributed by atoms with Gasteiger partial charge in [-0.2, -0.15) is 0 Å². The molecule has 0 fully saturated rings. The lowest BCUT2D eigenvalue weighted by atomic mass is 10.1. The van der Waals surface area contributed by atoms with Crippen LogP contribution in [0, 0.1) is 0 Å². The van der Waals surface area contributed by atoms with Crippen LogP contribution in [-0.4, -0.2) is 19.1 Å². The average Bonchev–Trinajstić information content (AvgIpc) is 3.78. The lowest BCUT2D eigenvalue weighted by Gasteiger charge is -2.11. The molecule has 202 valence electrons. The molecule has 4 nitrogen and oxygen atoms in total. The van der Waals surface area contributed by atoms with E-state index in [-0.39, 0.29) is 0 Å². The minimum Gasteiger partial charge on any atom is -0.293 e. The topological polar surface area (TPSA) is 35.6 Å². The van der Waals surface area contributed by atoms with Crippen molar-refractivity contribution in [1.82, 2.24) is 19.1 Å². The van der Waals surface area contributed by atoms with Gasteiger partial charge >= 0.3 is 0 Å². The summed E-state index contributed by atoms with van der Waals surface area (Å²) in [5, 5.41) is 9.57. The largest absolute Gasteiger partial charge is 0.293 e. The third-order valence-electron chi connectivity index (χ3n) is 8.28. The van der Waals surface area contributed by atoms with Crippen LogP contribution in [0.4, 0.5) is 0 Å². The maximum Gasteiger partial charge on any atom is 0.145 e. The lowest BCUT2D eigenvalue weighted by molar-refractivity contribution is 1.09. The second-order valence-electron chi connectivity index (χ2n) is 10.7. The maximum atomic E-state index is 5.19. The summed E-state index contributed by atoms with van der Waals surface area (Å²) in [6.07, 6.45) is 0. The van der Waals surface area contributed by atoms with Gasteiger partial charge in [-0.15, -0.1) is 11.3 Å². The number of aromatic nitrogens is 4. The fourth-order valence-corrected chi connectivity index (χ4v) is 7.12. The number of thiophene rings is 1. The number of hydrogen-bond acceptors (Lipinski definition) is 3. The fourth-order valence-electron chi connectivity index (χ4n) is 6.31. The van der Waals surface area contributed by atoms with Crippen LogP contribution in [0.2, 0.25) is 0 Å². The van der Waals surface area contributed by atoms with Gasteiger partial charge in [0.15, 0.2) is 0 Å². The van der Waals surface area contributed by atoms with E-state index in [4.69, 9.17) is 9.97 Å². The summed E-state index contributed by atoms with van der Waals surface area (Å²) >= 11 is 1.74. The van der Waals surface area contributed by atoms with Gasteiger partial charge in [-0.1, -0.05) is 91.0 Å². The molecule has 43 heavy (non-hydrogen) atoms. The maximum absolute atomic E-state index is 5.19. The first-order valence-corrected chi connectivity index (χ1v) is 15.3. The first kappa shape index (κ1) is 24.1. The van der Waals surface area contributed by atoms with Crippen LogP contribution in [-0.2, 0) is 0 Å². The molecule has 0 N–H and O–H groups in total. The van der Waals surface area contributed by atoms with Crippen molar-refractivity contribution in [2.24, 2.45) is 0 Å². The van der Waals surface area contributed by atoms with Crippen LogP contribution in [0.5, 0.6) is 0 Å². The molecule has 5 aromatic carbocycles. The van der Waals surface area contributed by atoms with Crippen LogP contribution in [0.1, 0.15) is 0 Å². The minimum atomic E-state index is 0.918. The summed E-state index contributed by atoms with van der Waals surface area (Å²) in [5.74, 6) is 1.84. The second kappa shape index (κ2) is 9.51. The van der Waals surface area contributed by atoms with E-state index in [0.717, 1.165) is 45.2 Å². The summed E-state index contributed by atoms with van der Waals surface area (Å²) < 4.78 is 4.53. The molecule has 0 aliphatic rings. The molecule has 0 aliphatic heterocycles. The van der Waals surface area contributed by atoms with Gasteiger partial charge in [0.25, 0.3) is 0 Å². The average molecular weight is 569 g/mol. The molecule has 0 saturated heterocycles. The summed E-state index contributed by atoms with van der Waals surface area (Å²) in [6, 6.07) is 46.7. The number of pyridine rings is 1. The zero-order valence-corrected chi connectivity index (χ0v) is 23.9. The third kappa shape index (κ3) is 3.75. The van der Waals surface area contributed by atoms with E-state index in [1.165, 1.54) is 32.6 Å². The van der Waals surface area contributed by atoms with Gasteiger partial charge in [0.2, 0.25) is 0 Å². The van der Waals surface area contributed by atoms with Crippen LogP contribution in [0.25, 0.3) is 77.8 Å². The Hall–Kier alpha value is -5.52. The molecule has 0 unspecified atom stereocenters. The molecule has 0 aliphatic carbocycles. The Balaban J connectivity index is 1.15. The molecule has 4 heterocycles. The Morgan fingerprint density at radius 1 is 0.488 bits per heavy atom. The van der Waals surface area contributed by atoms with Crippen molar-refractivity contribution < 1.29 is 0 Å². The number of para-hydroxylation sites is 3. The van der Waals surface area contributed by atoms with Crippen LogP contribution in [0.15, 0.2) is 144 Å². The van der Waals surface area contributed by atoms with E-state index in [2.05, 4.69) is 141 Å². The van der Waals surface area contributed by atoms with Crippen LogP contribution < -0.4 is 0 Å². The highest BCUT2D eigenvalue weighted by Crippen LogP contribution is 2.38. The Morgan fingerprint density at radius 3 is 2.19 bits per heavy atom. The molecule has 0 saturated carbocycles. The first-order chi connectivity index (χ1) is 21.3. The zero-order valence-electron chi connectivity index (χ0n) is 23.1. The van der Waals surface area contributed by atoms with Crippen LogP contribution >= 0.6 is 11.3 Å². The number of benzene rings is 5. The highest BCUT2D eigenvalue weighted by atomic mass is 32.1. The molecule has 0 spiro atoms. The number of rotatable bonds is 4. The Bertz CT molecular complexity index is 2450. The molecule has 5 heteroatoms. The lowest BCUT2D eigenvalue weighted by Crippen LogP contribution is -1.98. The smallest absolute Gasteiger partial charge is 0.145 e. The van der Waals surface area contributed by atoms with Crippen molar-refractivity contribution in [2.75, 3.05) is 0 Å². The van der Waals surface area contributed by atoms with Gasteiger partial charge in [0.1, 0.15) is 11.6 Å². The normalized spacial score (nSPS) is 11.7. The summed E-state index contributed by atoms with van der Waals surface area (Å²) in [7, 11) is 0. The van der Waals surface area contributed by atoms with E-state index in [1.807, 2.05) is 12.1 Å². The van der Waals surface area contributed by atoms with Crippen LogP contribution in [0.3, 0.4) is 0 Å². The quantitative estimate of drug-likeness (QED) is 0.212. The first-order valence-electron chi connectivity index (χ1n) is 14.3.